The fraction of sp³-hybridized carbons (Fsp3) is 0.526. The van der Waals surface area contributed by atoms with E-state index in [9.17, 15) is 9.59 Å². The van der Waals surface area contributed by atoms with Crippen LogP contribution >= 0.6 is 11.8 Å². The number of hydrogen-bond acceptors (Lipinski definition) is 6. The molecular weight excluding hydrogens is 378 g/mol. The van der Waals surface area contributed by atoms with Crippen LogP contribution in [0.15, 0.2) is 34.2 Å². The zero-order valence-electron chi connectivity index (χ0n) is 16.1. The van der Waals surface area contributed by atoms with Crippen molar-refractivity contribution in [1.82, 2.24) is 19.7 Å². The maximum atomic E-state index is 12.2. The molecule has 1 aliphatic heterocycles. The molecule has 3 rings (SSSR count). The second-order valence-corrected chi connectivity index (χ2v) is 7.77. The largest absolute Gasteiger partial charge is 0.385 e. The number of rotatable bonds is 10. The van der Waals surface area contributed by atoms with Gasteiger partial charge < -0.3 is 10.1 Å². The number of aromatic nitrogens is 3. The number of H-pyrrole nitrogens is 1. The van der Waals surface area contributed by atoms with E-state index in [1.165, 1.54) is 47.8 Å². The molecular formula is C19H27N5O3S. The molecule has 1 aromatic carbocycles. The lowest BCUT2D eigenvalue weighted by Gasteiger charge is -2.14. The van der Waals surface area contributed by atoms with Gasteiger partial charge in [0.1, 0.15) is 0 Å². The van der Waals surface area contributed by atoms with Crippen LogP contribution in [0.2, 0.25) is 0 Å². The lowest BCUT2D eigenvalue weighted by Crippen LogP contribution is -2.19. The van der Waals surface area contributed by atoms with Gasteiger partial charge in [-0.25, -0.2) is 9.89 Å². The molecule has 9 heteroatoms. The Morgan fingerprint density at radius 3 is 2.75 bits per heavy atom. The summed E-state index contributed by atoms with van der Waals surface area (Å²) in [4.78, 5) is 26.5. The lowest BCUT2D eigenvalue weighted by molar-refractivity contribution is -0.113. The van der Waals surface area contributed by atoms with E-state index >= 15 is 0 Å². The number of methoxy groups -OCH3 is 1. The van der Waals surface area contributed by atoms with Crippen LogP contribution in [0.1, 0.15) is 24.8 Å². The molecule has 0 saturated carbocycles. The molecule has 1 amide bonds. The zero-order valence-corrected chi connectivity index (χ0v) is 17.0. The van der Waals surface area contributed by atoms with E-state index in [1.807, 2.05) is 12.1 Å². The number of benzene rings is 1. The number of carbonyl (C=O) groups excluding carboxylic acids is 1. The van der Waals surface area contributed by atoms with Crippen molar-refractivity contribution in [2.24, 2.45) is 0 Å². The molecule has 0 radical (unpaired) electrons. The van der Waals surface area contributed by atoms with Gasteiger partial charge in [0, 0.05) is 32.5 Å². The standard InChI is InChI=1S/C19H27N5O3S/c1-27-12-4-11-24-18(26)21-22-19(24)28-14-17(25)20-16-7-5-15(6-8-16)13-23-9-2-3-10-23/h5-8H,2-4,9-14H2,1H3,(H,20,25)(H,21,26). The molecule has 2 heterocycles. The maximum absolute atomic E-state index is 12.2. The van der Waals surface area contributed by atoms with Gasteiger partial charge in [-0.05, 0) is 50.0 Å². The SMILES string of the molecule is COCCCn1c(SCC(=O)Nc2ccc(CN3CCCC3)cc2)n[nH]c1=O. The molecule has 0 bridgehead atoms. The van der Waals surface area contributed by atoms with E-state index in [0.717, 1.165) is 12.2 Å². The summed E-state index contributed by atoms with van der Waals surface area (Å²) in [5, 5.41) is 9.83. The molecule has 2 N–H and O–H groups in total. The van der Waals surface area contributed by atoms with Gasteiger partial charge in [-0.2, -0.15) is 0 Å². The molecule has 1 aliphatic rings. The average molecular weight is 406 g/mol. The first-order valence-corrected chi connectivity index (χ1v) is 10.5. The minimum absolute atomic E-state index is 0.129. The summed E-state index contributed by atoms with van der Waals surface area (Å²) in [6, 6.07) is 7.98. The third-order valence-corrected chi connectivity index (χ3v) is 5.60. The number of hydrogen-bond donors (Lipinski definition) is 2. The minimum Gasteiger partial charge on any atom is -0.385 e. The Balaban J connectivity index is 1.47. The number of carbonyl (C=O) groups is 1. The van der Waals surface area contributed by atoms with Crippen molar-refractivity contribution in [2.75, 3.05) is 37.9 Å². The number of amides is 1. The molecule has 1 fully saturated rings. The average Bonchev–Trinajstić information content (AvgIpc) is 3.32. The van der Waals surface area contributed by atoms with Crippen molar-refractivity contribution in [3.63, 3.8) is 0 Å². The zero-order chi connectivity index (χ0) is 19.8. The van der Waals surface area contributed by atoms with Crippen LogP contribution < -0.4 is 11.0 Å². The number of thioether (sulfide) groups is 1. The normalized spacial score (nSPS) is 14.5. The Labute approximate surface area is 168 Å². The third kappa shape index (κ3) is 5.95. The predicted octanol–water partition coefficient (Wildman–Crippen LogP) is 1.93. The van der Waals surface area contributed by atoms with Gasteiger partial charge >= 0.3 is 5.69 Å². The molecule has 28 heavy (non-hydrogen) atoms. The Bertz CT molecular complexity index is 812. The summed E-state index contributed by atoms with van der Waals surface area (Å²) >= 11 is 1.24. The number of nitrogens with one attached hydrogen (secondary N) is 2. The first-order chi connectivity index (χ1) is 13.7. The highest BCUT2D eigenvalue weighted by Crippen LogP contribution is 2.17. The van der Waals surface area contributed by atoms with Gasteiger partial charge in [-0.1, -0.05) is 23.9 Å². The van der Waals surface area contributed by atoms with E-state index in [-0.39, 0.29) is 17.3 Å². The number of aromatic amines is 1. The number of likely N-dealkylation sites (tertiary alicyclic amines) is 1. The van der Waals surface area contributed by atoms with E-state index in [4.69, 9.17) is 4.74 Å². The van der Waals surface area contributed by atoms with E-state index in [0.29, 0.717) is 24.7 Å². The van der Waals surface area contributed by atoms with Gasteiger partial charge in [0.05, 0.1) is 5.75 Å². The highest BCUT2D eigenvalue weighted by molar-refractivity contribution is 7.99. The molecule has 0 atom stereocenters. The van der Waals surface area contributed by atoms with Crippen molar-refractivity contribution in [3.05, 3.63) is 40.3 Å². The second-order valence-electron chi connectivity index (χ2n) is 6.83. The van der Waals surface area contributed by atoms with Crippen LogP contribution in [0, 0.1) is 0 Å². The van der Waals surface area contributed by atoms with E-state index in [1.54, 1.807) is 7.11 Å². The fourth-order valence-corrected chi connectivity index (χ4v) is 3.97. The van der Waals surface area contributed by atoms with Crippen molar-refractivity contribution in [1.29, 1.82) is 0 Å². The minimum atomic E-state index is -0.271. The topological polar surface area (TPSA) is 92.2 Å². The van der Waals surface area contributed by atoms with Crippen LogP contribution in [0.3, 0.4) is 0 Å². The van der Waals surface area contributed by atoms with Crippen molar-refractivity contribution in [2.45, 2.75) is 37.5 Å². The van der Waals surface area contributed by atoms with Gasteiger partial charge in [0.15, 0.2) is 5.16 Å². The first-order valence-electron chi connectivity index (χ1n) is 9.54. The molecule has 0 spiro atoms. The van der Waals surface area contributed by atoms with Crippen LogP contribution in [-0.4, -0.2) is 58.1 Å². The highest BCUT2D eigenvalue weighted by atomic mass is 32.2. The Morgan fingerprint density at radius 1 is 1.29 bits per heavy atom. The summed E-state index contributed by atoms with van der Waals surface area (Å²) in [5.41, 5.74) is 1.76. The van der Waals surface area contributed by atoms with Crippen molar-refractivity contribution in [3.8, 4) is 0 Å². The van der Waals surface area contributed by atoms with Crippen LogP contribution in [0.25, 0.3) is 0 Å². The van der Waals surface area contributed by atoms with E-state index in [2.05, 4.69) is 32.5 Å². The van der Waals surface area contributed by atoms with Crippen molar-refractivity contribution < 1.29 is 9.53 Å². The third-order valence-electron chi connectivity index (χ3n) is 4.63. The summed E-state index contributed by atoms with van der Waals surface area (Å²) in [6.45, 7) is 4.37. The Morgan fingerprint density at radius 2 is 2.04 bits per heavy atom. The van der Waals surface area contributed by atoms with Gasteiger partial charge in [0.25, 0.3) is 0 Å². The summed E-state index contributed by atoms with van der Waals surface area (Å²) in [7, 11) is 1.62. The molecule has 1 aromatic heterocycles. The van der Waals surface area contributed by atoms with Gasteiger partial charge in [0.2, 0.25) is 5.91 Å². The molecule has 1 saturated heterocycles. The maximum Gasteiger partial charge on any atom is 0.343 e. The van der Waals surface area contributed by atoms with Crippen LogP contribution in [0.5, 0.6) is 0 Å². The summed E-state index contributed by atoms with van der Waals surface area (Å²) in [6.07, 6.45) is 3.27. The van der Waals surface area contributed by atoms with Gasteiger partial charge in [-0.3, -0.25) is 14.3 Å². The number of nitrogens with zero attached hydrogens (tertiary/aromatic N) is 3. The second kappa shape index (κ2) is 10.4. The Hall–Kier alpha value is -2.10. The molecule has 152 valence electrons. The predicted molar refractivity (Wildman–Crippen MR) is 110 cm³/mol. The fourth-order valence-electron chi connectivity index (χ4n) is 3.20. The lowest BCUT2D eigenvalue weighted by atomic mass is 10.2. The molecule has 0 unspecified atom stereocenters. The number of anilines is 1. The van der Waals surface area contributed by atoms with E-state index < -0.39 is 0 Å². The summed E-state index contributed by atoms with van der Waals surface area (Å²) < 4.78 is 6.54. The van der Waals surface area contributed by atoms with Crippen LogP contribution in [-0.2, 0) is 22.6 Å². The molecule has 0 aliphatic carbocycles. The molecule has 8 nitrogen and oxygen atoms in total. The van der Waals surface area contributed by atoms with Crippen LogP contribution in [0.4, 0.5) is 5.69 Å². The van der Waals surface area contributed by atoms with Crippen molar-refractivity contribution >= 4 is 23.4 Å². The monoisotopic (exact) mass is 405 g/mol. The van der Waals surface area contributed by atoms with Gasteiger partial charge in [-0.15, -0.1) is 5.10 Å². The Kier molecular flexibility index (Phi) is 7.70. The quantitative estimate of drug-likeness (QED) is 0.464. The smallest absolute Gasteiger partial charge is 0.343 e. The first kappa shape index (κ1) is 20.6. The summed E-state index contributed by atoms with van der Waals surface area (Å²) in [5.74, 6) is 0.0561. The highest BCUT2D eigenvalue weighted by Gasteiger charge is 2.13. The number of ether oxygens (including phenoxy) is 1. The molecule has 2 aromatic rings.